The van der Waals surface area contributed by atoms with E-state index in [0.29, 0.717) is 24.5 Å². The zero-order valence-electron chi connectivity index (χ0n) is 11.7. The lowest BCUT2D eigenvalue weighted by molar-refractivity contribution is -0.150. The molecule has 1 fully saturated rings. The monoisotopic (exact) mass is 302 g/mol. The van der Waals surface area contributed by atoms with E-state index in [0.717, 1.165) is 12.8 Å². The molecule has 0 saturated heterocycles. The predicted octanol–water partition coefficient (Wildman–Crippen LogP) is 0.745. The number of thioether (sulfide) groups is 1. The van der Waals surface area contributed by atoms with Crippen LogP contribution in [-0.4, -0.2) is 39.9 Å². The van der Waals surface area contributed by atoms with Gasteiger partial charge in [0.1, 0.15) is 5.54 Å². The lowest BCUT2D eigenvalue weighted by atomic mass is 9.76. The van der Waals surface area contributed by atoms with Crippen LogP contribution in [0.25, 0.3) is 0 Å². The van der Waals surface area contributed by atoms with Gasteiger partial charge in [-0.15, -0.1) is 0 Å². The molecule has 1 aliphatic carbocycles. The van der Waals surface area contributed by atoms with Crippen LogP contribution in [-0.2, 0) is 14.4 Å². The number of carbonyl (C=O) groups excluding carboxylic acids is 2. The average Bonchev–Trinajstić information content (AvgIpc) is 2.34. The van der Waals surface area contributed by atoms with Crippen molar-refractivity contribution in [2.75, 3.05) is 11.5 Å². The summed E-state index contributed by atoms with van der Waals surface area (Å²) in [6.07, 6.45) is 2.96. The Kier molecular flexibility index (Phi) is 6.32. The van der Waals surface area contributed by atoms with Crippen LogP contribution in [0.15, 0.2) is 0 Å². The van der Waals surface area contributed by atoms with Gasteiger partial charge in [0, 0.05) is 12.2 Å². The molecule has 2 amide bonds. The van der Waals surface area contributed by atoms with Crippen molar-refractivity contribution in [2.24, 2.45) is 11.7 Å². The van der Waals surface area contributed by atoms with Crippen LogP contribution < -0.4 is 11.1 Å². The maximum absolute atomic E-state index is 11.9. The van der Waals surface area contributed by atoms with E-state index in [-0.39, 0.29) is 18.1 Å². The van der Waals surface area contributed by atoms with Crippen LogP contribution in [0.2, 0.25) is 0 Å². The summed E-state index contributed by atoms with van der Waals surface area (Å²) in [5.41, 5.74) is 3.87. The van der Waals surface area contributed by atoms with Gasteiger partial charge in [-0.2, -0.15) is 11.8 Å². The minimum Gasteiger partial charge on any atom is -0.480 e. The summed E-state index contributed by atoms with van der Waals surface area (Å²) in [7, 11) is 0. The molecule has 4 N–H and O–H groups in total. The van der Waals surface area contributed by atoms with Crippen molar-refractivity contribution in [3.05, 3.63) is 0 Å². The molecule has 0 heterocycles. The smallest absolute Gasteiger partial charge is 0.329 e. The topological polar surface area (TPSA) is 109 Å². The van der Waals surface area contributed by atoms with Crippen molar-refractivity contribution in [1.82, 2.24) is 5.32 Å². The Morgan fingerprint density at radius 1 is 1.45 bits per heavy atom. The van der Waals surface area contributed by atoms with Crippen LogP contribution in [0.4, 0.5) is 0 Å². The fraction of sp³-hybridized carbons (Fsp3) is 0.769. The summed E-state index contributed by atoms with van der Waals surface area (Å²) in [6, 6.07) is 0. The first-order chi connectivity index (χ1) is 9.35. The van der Waals surface area contributed by atoms with E-state index in [4.69, 9.17) is 5.73 Å². The number of amides is 2. The molecule has 0 aromatic rings. The Hall–Kier alpha value is -1.24. The first kappa shape index (κ1) is 16.8. The highest BCUT2D eigenvalue weighted by atomic mass is 32.2. The summed E-state index contributed by atoms with van der Waals surface area (Å²) in [6.45, 7) is 2.01. The average molecular weight is 302 g/mol. The van der Waals surface area contributed by atoms with Crippen LogP contribution in [0.5, 0.6) is 0 Å². The second-order valence-electron chi connectivity index (χ2n) is 5.41. The molecular weight excluding hydrogens is 280 g/mol. The van der Waals surface area contributed by atoms with E-state index < -0.39 is 17.4 Å². The van der Waals surface area contributed by atoms with Crippen LogP contribution in [0, 0.1) is 5.92 Å². The standard InChI is InChI=1S/C13H22N2O4S/c1-9-3-2-5-13(7-9,12(18)19)15-11(17)4-6-20-8-10(14)16/h9H,2-8H2,1H3,(H2,14,16)(H,15,17)(H,18,19). The van der Waals surface area contributed by atoms with Crippen LogP contribution >= 0.6 is 11.8 Å². The zero-order chi connectivity index (χ0) is 15.2. The molecule has 6 nitrogen and oxygen atoms in total. The second-order valence-corrected chi connectivity index (χ2v) is 6.51. The summed E-state index contributed by atoms with van der Waals surface area (Å²) in [5, 5.41) is 12.1. The van der Waals surface area contributed by atoms with Crippen molar-refractivity contribution in [2.45, 2.75) is 44.6 Å². The lowest BCUT2D eigenvalue weighted by Crippen LogP contribution is -2.56. The third-order valence-corrected chi connectivity index (χ3v) is 4.48. The molecule has 20 heavy (non-hydrogen) atoms. The molecule has 0 spiro atoms. The van der Waals surface area contributed by atoms with E-state index in [1.807, 2.05) is 6.92 Å². The normalized spacial score (nSPS) is 25.9. The summed E-state index contributed by atoms with van der Waals surface area (Å²) in [5.74, 6) is -0.724. The Balaban J connectivity index is 2.47. The van der Waals surface area contributed by atoms with Gasteiger partial charge in [-0.1, -0.05) is 19.8 Å². The van der Waals surface area contributed by atoms with E-state index >= 15 is 0 Å². The number of carbonyl (C=O) groups is 3. The lowest BCUT2D eigenvalue weighted by Gasteiger charge is -2.37. The van der Waals surface area contributed by atoms with Gasteiger partial charge in [-0.25, -0.2) is 4.79 Å². The van der Waals surface area contributed by atoms with E-state index in [1.165, 1.54) is 11.8 Å². The number of hydrogen-bond donors (Lipinski definition) is 3. The Morgan fingerprint density at radius 3 is 2.70 bits per heavy atom. The zero-order valence-corrected chi connectivity index (χ0v) is 12.5. The molecule has 2 atom stereocenters. The van der Waals surface area contributed by atoms with Gasteiger partial charge in [0.2, 0.25) is 11.8 Å². The largest absolute Gasteiger partial charge is 0.480 e. The summed E-state index contributed by atoms with van der Waals surface area (Å²) < 4.78 is 0. The summed E-state index contributed by atoms with van der Waals surface area (Å²) >= 11 is 1.28. The van der Waals surface area contributed by atoms with Gasteiger partial charge in [-0.05, 0) is 18.8 Å². The molecule has 0 bridgehead atoms. The first-order valence-corrected chi connectivity index (χ1v) is 7.91. The Bertz CT molecular complexity index is 389. The number of primary amides is 1. The minimum atomic E-state index is -1.12. The third kappa shape index (κ3) is 5.03. The first-order valence-electron chi connectivity index (χ1n) is 6.76. The van der Waals surface area contributed by atoms with Crippen LogP contribution in [0.3, 0.4) is 0 Å². The number of aliphatic carboxylic acids is 1. The second kappa shape index (κ2) is 7.52. The molecule has 2 unspecified atom stereocenters. The maximum atomic E-state index is 11.9. The highest BCUT2D eigenvalue weighted by Gasteiger charge is 2.42. The molecule has 0 aliphatic heterocycles. The fourth-order valence-corrected chi connectivity index (χ4v) is 3.25. The van der Waals surface area contributed by atoms with Gasteiger partial charge < -0.3 is 16.2 Å². The molecule has 7 heteroatoms. The molecule has 1 aliphatic rings. The molecule has 0 aromatic heterocycles. The number of nitrogens with two attached hydrogens (primary N) is 1. The number of hydrogen-bond acceptors (Lipinski definition) is 4. The summed E-state index contributed by atoms with van der Waals surface area (Å²) in [4.78, 5) is 33.9. The molecule has 0 aromatic carbocycles. The number of nitrogens with one attached hydrogen (secondary N) is 1. The van der Waals surface area contributed by atoms with Crippen molar-refractivity contribution < 1.29 is 19.5 Å². The maximum Gasteiger partial charge on any atom is 0.329 e. The molecule has 1 rings (SSSR count). The minimum absolute atomic E-state index is 0.175. The molecular formula is C13H22N2O4S. The highest BCUT2D eigenvalue weighted by Crippen LogP contribution is 2.32. The number of carboxylic acids is 1. The van der Waals surface area contributed by atoms with Gasteiger partial charge >= 0.3 is 5.97 Å². The van der Waals surface area contributed by atoms with Crippen molar-refractivity contribution in [1.29, 1.82) is 0 Å². The van der Waals surface area contributed by atoms with Crippen molar-refractivity contribution in [3.8, 4) is 0 Å². The van der Waals surface area contributed by atoms with Gasteiger partial charge in [-0.3, -0.25) is 9.59 Å². The fourth-order valence-electron chi connectivity index (χ4n) is 2.58. The third-order valence-electron chi connectivity index (χ3n) is 3.50. The van der Waals surface area contributed by atoms with E-state index in [2.05, 4.69) is 5.32 Å². The van der Waals surface area contributed by atoms with Crippen LogP contribution in [0.1, 0.15) is 39.0 Å². The number of rotatable bonds is 7. The SMILES string of the molecule is CC1CCCC(NC(=O)CCSCC(N)=O)(C(=O)O)C1. The molecule has 0 radical (unpaired) electrons. The molecule has 114 valence electrons. The highest BCUT2D eigenvalue weighted by molar-refractivity contribution is 7.99. The molecule has 1 saturated carbocycles. The van der Waals surface area contributed by atoms with Crippen molar-refractivity contribution >= 4 is 29.5 Å². The van der Waals surface area contributed by atoms with Gasteiger partial charge in [0.05, 0.1) is 5.75 Å². The Morgan fingerprint density at radius 2 is 2.15 bits per heavy atom. The van der Waals surface area contributed by atoms with Gasteiger partial charge in [0.15, 0.2) is 0 Å². The van der Waals surface area contributed by atoms with Gasteiger partial charge in [0.25, 0.3) is 0 Å². The number of carboxylic acid groups (broad SMARTS) is 1. The van der Waals surface area contributed by atoms with E-state index in [1.54, 1.807) is 0 Å². The van der Waals surface area contributed by atoms with Crippen molar-refractivity contribution in [3.63, 3.8) is 0 Å². The predicted molar refractivity (Wildman–Crippen MR) is 77.3 cm³/mol. The Labute approximate surface area is 122 Å². The quantitative estimate of drug-likeness (QED) is 0.601. The van der Waals surface area contributed by atoms with E-state index in [9.17, 15) is 19.5 Å².